The molecule has 3 N–H and O–H groups in total. The van der Waals surface area contributed by atoms with E-state index in [0.717, 1.165) is 25.7 Å². The molecule has 1 unspecified atom stereocenters. The van der Waals surface area contributed by atoms with Crippen molar-refractivity contribution in [3.63, 3.8) is 0 Å². The highest BCUT2D eigenvalue weighted by atomic mass is 16.5. The minimum absolute atomic E-state index is 0.299. The average molecular weight is 229 g/mol. The van der Waals surface area contributed by atoms with Crippen molar-refractivity contribution in [1.82, 2.24) is 0 Å². The lowest BCUT2D eigenvalue weighted by Gasteiger charge is -2.40. The third-order valence-electron chi connectivity index (χ3n) is 3.77. The monoisotopic (exact) mass is 229 g/mol. The van der Waals surface area contributed by atoms with Crippen LogP contribution in [0.5, 0.6) is 0 Å². The van der Waals surface area contributed by atoms with E-state index < -0.39 is 17.5 Å². The number of aliphatic hydroxyl groups is 1. The third kappa shape index (κ3) is 2.74. The van der Waals surface area contributed by atoms with E-state index in [9.17, 15) is 9.90 Å². The molecule has 1 atom stereocenters. The highest BCUT2D eigenvalue weighted by molar-refractivity contribution is 5.75. The number of ether oxygens (including phenoxy) is 1. The Hall–Kier alpha value is -0.610. The van der Waals surface area contributed by atoms with Gasteiger partial charge in [-0.1, -0.05) is 19.8 Å². The highest BCUT2D eigenvalue weighted by Crippen LogP contribution is 2.41. The standard InChI is InChI=1S/C12H23NO3/c1-3-16-11(15)10(14)12(8-13)6-4-9(2)5-7-12/h9-10,14H,3-8,13H2,1-2H3. The van der Waals surface area contributed by atoms with Crippen LogP contribution in [-0.2, 0) is 9.53 Å². The first-order valence-corrected chi connectivity index (χ1v) is 6.10. The average Bonchev–Trinajstić information content (AvgIpc) is 2.30. The molecule has 0 aromatic rings. The van der Waals surface area contributed by atoms with Crippen LogP contribution in [0.1, 0.15) is 39.5 Å². The lowest BCUT2D eigenvalue weighted by atomic mass is 9.67. The van der Waals surface area contributed by atoms with Gasteiger partial charge in [-0.2, -0.15) is 0 Å². The molecule has 1 rings (SSSR count). The van der Waals surface area contributed by atoms with Crippen molar-refractivity contribution in [1.29, 1.82) is 0 Å². The van der Waals surface area contributed by atoms with Crippen LogP contribution in [-0.4, -0.2) is 30.3 Å². The largest absolute Gasteiger partial charge is 0.464 e. The van der Waals surface area contributed by atoms with Crippen LogP contribution in [0.25, 0.3) is 0 Å². The molecular formula is C12H23NO3. The number of aliphatic hydroxyl groups excluding tert-OH is 1. The molecule has 0 heterocycles. The van der Waals surface area contributed by atoms with Crippen LogP contribution in [0.2, 0.25) is 0 Å². The molecule has 0 saturated heterocycles. The van der Waals surface area contributed by atoms with Crippen LogP contribution >= 0.6 is 0 Å². The van der Waals surface area contributed by atoms with Gasteiger partial charge >= 0.3 is 5.97 Å². The van der Waals surface area contributed by atoms with Crippen molar-refractivity contribution in [2.24, 2.45) is 17.1 Å². The molecule has 0 spiro atoms. The van der Waals surface area contributed by atoms with Crippen molar-refractivity contribution in [2.45, 2.75) is 45.6 Å². The SMILES string of the molecule is CCOC(=O)C(O)C1(CN)CCC(C)CC1. The molecule has 94 valence electrons. The zero-order chi connectivity index (χ0) is 12.2. The number of carbonyl (C=O) groups excluding carboxylic acids is 1. The zero-order valence-corrected chi connectivity index (χ0v) is 10.2. The summed E-state index contributed by atoms with van der Waals surface area (Å²) in [7, 11) is 0. The molecular weight excluding hydrogens is 206 g/mol. The van der Waals surface area contributed by atoms with Gasteiger partial charge in [0.2, 0.25) is 0 Å². The van der Waals surface area contributed by atoms with Gasteiger partial charge in [-0.05, 0) is 25.7 Å². The number of esters is 1. The molecule has 1 saturated carbocycles. The Kier molecular flexibility index (Phi) is 4.74. The maximum Gasteiger partial charge on any atom is 0.335 e. The van der Waals surface area contributed by atoms with E-state index >= 15 is 0 Å². The number of nitrogens with two attached hydrogens (primary N) is 1. The second-order valence-electron chi connectivity index (χ2n) is 4.90. The smallest absolute Gasteiger partial charge is 0.335 e. The third-order valence-corrected chi connectivity index (χ3v) is 3.77. The van der Waals surface area contributed by atoms with Gasteiger partial charge in [0.05, 0.1) is 6.61 Å². The van der Waals surface area contributed by atoms with Crippen LogP contribution in [0.15, 0.2) is 0 Å². The number of rotatable bonds is 4. The van der Waals surface area contributed by atoms with Gasteiger partial charge in [-0.15, -0.1) is 0 Å². The highest BCUT2D eigenvalue weighted by Gasteiger charge is 2.43. The maximum absolute atomic E-state index is 11.6. The quantitative estimate of drug-likeness (QED) is 0.707. The van der Waals surface area contributed by atoms with E-state index in [-0.39, 0.29) is 0 Å². The molecule has 4 heteroatoms. The summed E-state index contributed by atoms with van der Waals surface area (Å²) in [6, 6.07) is 0. The summed E-state index contributed by atoms with van der Waals surface area (Å²) in [6.07, 6.45) is 2.60. The normalized spacial score (nSPS) is 32.1. The molecule has 0 radical (unpaired) electrons. The van der Waals surface area contributed by atoms with Gasteiger partial charge in [0.25, 0.3) is 0 Å². The second kappa shape index (κ2) is 5.64. The van der Waals surface area contributed by atoms with Crippen molar-refractivity contribution >= 4 is 5.97 Å². The lowest BCUT2D eigenvalue weighted by Crippen LogP contribution is -2.48. The summed E-state index contributed by atoms with van der Waals surface area (Å²) in [5, 5.41) is 10.1. The van der Waals surface area contributed by atoms with Gasteiger partial charge < -0.3 is 15.6 Å². The molecule has 0 aromatic heterocycles. The number of hydrogen-bond donors (Lipinski definition) is 2. The second-order valence-corrected chi connectivity index (χ2v) is 4.90. The van der Waals surface area contributed by atoms with Crippen LogP contribution in [0.4, 0.5) is 0 Å². The zero-order valence-electron chi connectivity index (χ0n) is 10.2. The van der Waals surface area contributed by atoms with Crippen LogP contribution in [0, 0.1) is 11.3 Å². The first-order chi connectivity index (χ1) is 7.55. The fraction of sp³-hybridized carbons (Fsp3) is 0.917. The summed E-state index contributed by atoms with van der Waals surface area (Å²) in [4.78, 5) is 11.6. The first kappa shape index (κ1) is 13.5. The molecule has 1 aliphatic rings. The minimum Gasteiger partial charge on any atom is -0.464 e. The molecule has 16 heavy (non-hydrogen) atoms. The molecule has 0 bridgehead atoms. The van der Waals surface area contributed by atoms with E-state index in [0.29, 0.717) is 19.1 Å². The van der Waals surface area contributed by atoms with E-state index in [4.69, 9.17) is 10.5 Å². The minimum atomic E-state index is -1.06. The van der Waals surface area contributed by atoms with Crippen LogP contribution in [0.3, 0.4) is 0 Å². The Bertz CT molecular complexity index is 234. The van der Waals surface area contributed by atoms with E-state index in [1.807, 2.05) is 0 Å². The maximum atomic E-state index is 11.6. The molecule has 1 fully saturated rings. The Morgan fingerprint density at radius 1 is 1.56 bits per heavy atom. The predicted octanol–water partition coefficient (Wildman–Crippen LogP) is 1.07. The summed E-state index contributed by atoms with van der Waals surface area (Å²) in [5.74, 6) is 0.136. The van der Waals surface area contributed by atoms with E-state index in [1.54, 1.807) is 6.92 Å². The summed E-state index contributed by atoms with van der Waals surface area (Å²) in [5.41, 5.74) is 5.29. The van der Waals surface area contributed by atoms with Crippen molar-refractivity contribution in [3.05, 3.63) is 0 Å². The summed E-state index contributed by atoms with van der Waals surface area (Å²) >= 11 is 0. The van der Waals surface area contributed by atoms with Gasteiger partial charge in [0.15, 0.2) is 6.10 Å². The lowest BCUT2D eigenvalue weighted by molar-refractivity contribution is -0.162. The predicted molar refractivity (Wildman–Crippen MR) is 61.8 cm³/mol. The molecule has 0 aliphatic heterocycles. The topological polar surface area (TPSA) is 72.5 Å². The fourth-order valence-electron chi connectivity index (χ4n) is 2.40. The Morgan fingerprint density at radius 3 is 2.56 bits per heavy atom. The van der Waals surface area contributed by atoms with Gasteiger partial charge in [-0.3, -0.25) is 0 Å². The van der Waals surface area contributed by atoms with E-state index in [2.05, 4.69) is 6.92 Å². The Balaban J connectivity index is 2.68. The van der Waals surface area contributed by atoms with Crippen molar-refractivity contribution in [3.8, 4) is 0 Å². The van der Waals surface area contributed by atoms with Crippen molar-refractivity contribution in [2.75, 3.05) is 13.2 Å². The molecule has 1 aliphatic carbocycles. The number of carbonyl (C=O) groups is 1. The summed E-state index contributed by atoms with van der Waals surface area (Å²) in [6.45, 7) is 4.58. The molecule has 0 aromatic carbocycles. The first-order valence-electron chi connectivity index (χ1n) is 6.10. The molecule has 4 nitrogen and oxygen atoms in total. The Labute approximate surface area is 97.2 Å². The van der Waals surface area contributed by atoms with E-state index in [1.165, 1.54) is 0 Å². The Morgan fingerprint density at radius 2 is 2.12 bits per heavy atom. The fourth-order valence-corrected chi connectivity index (χ4v) is 2.40. The van der Waals surface area contributed by atoms with Crippen molar-refractivity contribution < 1.29 is 14.6 Å². The number of hydrogen-bond acceptors (Lipinski definition) is 4. The van der Waals surface area contributed by atoms with Gasteiger partial charge in [0.1, 0.15) is 0 Å². The summed E-state index contributed by atoms with van der Waals surface area (Å²) < 4.78 is 4.87. The van der Waals surface area contributed by atoms with Crippen LogP contribution < -0.4 is 5.73 Å². The van der Waals surface area contributed by atoms with Gasteiger partial charge in [0, 0.05) is 12.0 Å². The van der Waals surface area contributed by atoms with Gasteiger partial charge in [-0.25, -0.2) is 4.79 Å². The molecule has 0 amide bonds.